The Kier molecular flexibility index (Phi) is 2.87. The predicted octanol–water partition coefficient (Wildman–Crippen LogP) is 3.19. The highest BCUT2D eigenvalue weighted by Crippen LogP contribution is 2.24. The van der Waals surface area contributed by atoms with Crippen LogP contribution in [0.25, 0.3) is 11.1 Å². The molecule has 0 saturated heterocycles. The van der Waals surface area contributed by atoms with Crippen LogP contribution >= 0.6 is 11.6 Å². The van der Waals surface area contributed by atoms with Gasteiger partial charge in [-0.15, -0.1) is 11.6 Å². The van der Waals surface area contributed by atoms with Gasteiger partial charge in [0.15, 0.2) is 11.4 Å². The molecule has 0 aliphatic carbocycles. The summed E-state index contributed by atoms with van der Waals surface area (Å²) in [5, 5.41) is 0. The molecule has 0 radical (unpaired) electrons. The van der Waals surface area contributed by atoms with Gasteiger partial charge in [-0.3, -0.25) is 4.79 Å². The number of aromatic nitrogens is 1. The molecule has 0 bridgehead atoms. The van der Waals surface area contributed by atoms with Crippen LogP contribution in [-0.2, 0) is 0 Å². The summed E-state index contributed by atoms with van der Waals surface area (Å²) in [6.07, 6.45) is -2.76. The number of ketones is 1. The van der Waals surface area contributed by atoms with Crippen LogP contribution in [0.15, 0.2) is 22.6 Å². The molecule has 0 N–H and O–H groups in total. The normalized spacial score (nSPS) is 11.2. The number of carbonyl (C=O) groups is 1. The maximum Gasteiger partial charge on any atom is 0.313 e. The van der Waals surface area contributed by atoms with Crippen molar-refractivity contribution in [2.75, 3.05) is 5.88 Å². The molecular formula is C10H6ClF2NO2. The number of carbonyl (C=O) groups excluding carboxylic acids is 1. The van der Waals surface area contributed by atoms with E-state index in [1.54, 1.807) is 0 Å². The maximum absolute atomic E-state index is 12.3. The zero-order valence-corrected chi connectivity index (χ0v) is 8.67. The molecule has 16 heavy (non-hydrogen) atoms. The van der Waals surface area contributed by atoms with E-state index >= 15 is 0 Å². The van der Waals surface area contributed by atoms with Crippen LogP contribution in [0.1, 0.15) is 22.7 Å². The van der Waals surface area contributed by atoms with E-state index in [1.165, 1.54) is 18.2 Å². The van der Waals surface area contributed by atoms with Gasteiger partial charge in [-0.2, -0.15) is 8.78 Å². The second-order valence-electron chi connectivity index (χ2n) is 3.09. The van der Waals surface area contributed by atoms with Gasteiger partial charge in [-0.25, -0.2) is 4.98 Å². The van der Waals surface area contributed by atoms with Gasteiger partial charge in [-0.1, -0.05) is 0 Å². The Morgan fingerprint density at radius 1 is 1.50 bits per heavy atom. The van der Waals surface area contributed by atoms with Crippen LogP contribution in [0.2, 0.25) is 0 Å². The molecule has 0 amide bonds. The lowest BCUT2D eigenvalue weighted by Crippen LogP contribution is -1.99. The van der Waals surface area contributed by atoms with Gasteiger partial charge in [0.05, 0.1) is 5.88 Å². The van der Waals surface area contributed by atoms with E-state index in [0.29, 0.717) is 5.56 Å². The second-order valence-corrected chi connectivity index (χ2v) is 3.36. The Balaban J connectivity index is 2.49. The fourth-order valence-corrected chi connectivity index (χ4v) is 1.44. The third kappa shape index (κ3) is 1.90. The van der Waals surface area contributed by atoms with Crippen molar-refractivity contribution < 1.29 is 18.0 Å². The lowest BCUT2D eigenvalue weighted by molar-refractivity contribution is 0.102. The highest BCUT2D eigenvalue weighted by Gasteiger charge is 2.16. The summed E-state index contributed by atoms with van der Waals surface area (Å²) in [7, 11) is 0. The van der Waals surface area contributed by atoms with E-state index in [1.807, 2.05) is 0 Å². The fraction of sp³-hybridized carbons (Fsp3) is 0.200. The van der Waals surface area contributed by atoms with Crippen LogP contribution in [0, 0.1) is 0 Å². The number of hydrogen-bond donors (Lipinski definition) is 0. The van der Waals surface area contributed by atoms with Crippen LogP contribution < -0.4 is 0 Å². The molecule has 84 valence electrons. The minimum Gasteiger partial charge on any atom is -0.435 e. The first-order chi connectivity index (χ1) is 7.61. The number of Topliss-reactive ketones (excluding diaryl/α,β-unsaturated/α-hetero) is 1. The average Bonchev–Trinajstić information content (AvgIpc) is 2.70. The molecule has 0 aliphatic rings. The number of hydrogen-bond acceptors (Lipinski definition) is 3. The number of nitrogens with zero attached hydrogens (tertiary/aromatic N) is 1. The Hall–Kier alpha value is -1.49. The molecule has 2 aromatic rings. The molecule has 1 aromatic heterocycles. The quantitative estimate of drug-likeness (QED) is 0.616. The van der Waals surface area contributed by atoms with Crippen molar-refractivity contribution in [1.82, 2.24) is 4.98 Å². The van der Waals surface area contributed by atoms with Crippen molar-refractivity contribution in [3.8, 4) is 0 Å². The zero-order chi connectivity index (χ0) is 11.7. The molecule has 1 heterocycles. The topological polar surface area (TPSA) is 43.1 Å². The van der Waals surface area contributed by atoms with Gasteiger partial charge in [0, 0.05) is 5.56 Å². The fourth-order valence-electron chi connectivity index (χ4n) is 1.29. The van der Waals surface area contributed by atoms with Gasteiger partial charge >= 0.3 is 6.43 Å². The van der Waals surface area contributed by atoms with E-state index in [2.05, 4.69) is 4.98 Å². The molecule has 0 aliphatic heterocycles. The highest BCUT2D eigenvalue weighted by atomic mass is 35.5. The van der Waals surface area contributed by atoms with Gasteiger partial charge in [0.1, 0.15) is 5.52 Å². The average molecular weight is 246 g/mol. The van der Waals surface area contributed by atoms with E-state index < -0.39 is 12.3 Å². The van der Waals surface area contributed by atoms with Crippen LogP contribution in [0.3, 0.4) is 0 Å². The van der Waals surface area contributed by atoms with Crippen molar-refractivity contribution in [1.29, 1.82) is 0 Å². The molecule has 2 rings (SSSR count). The summed E-state index contributed by atoms with van der Waals surface area (Å²) < 4.78 is 29.4. The highest BCUT2D eigenvalue weighted by molar-refractivity contribution is 6.30. The van der Waals surface area contributed by atoms with Crippen molar-refractivity contribution >= 4 is 28.5 Å². The number of rotatable bonds is 3. The summed E-state index contributed by atoms with van der Waals surface area (Å²) in [6.45, 7) is 0. The Bertz CT molecular complexity index is 539. The molecule has 6 heteroatoms. The summed E-state index contributed by atoms with van der Waals surface area (Å²) in [5.74, 6) is -1.10. The minimum atomic E-state index is -2.76. The molecule has 0 fully saturated rings. The largest absolute Gasteiger partial charge is 0.435 e. The van der Waals surface area contributed by atoms with Crippen molar-refractivity contribution in [2.24, 2.45) is 0 Å². The molecule has 0 saturated carbocycles. The van der Waals surface area contributed by atoms with E-state index in [4.69, 9.17) is 16.0 Å². The molecule has 3 nitrogen and oxygen atoms in total. The molecule has 1 aromatic carbocycles. The van der Waals surface area contributed by atoms with Gasteiger partial charge in [0.25, 0.3) is 5.89 Å². The van der Waals surface area contributed by atoms with E-state index in [0.717, 1.165) is 0 Å². The van der Waals surface area contributed by atoms with Crippen LogP contribution in [0.4, 0.5) is 8.78 Å². The molecule has 0 unspecified atom stereocenters. The van der Waals surface area contributed by atoms with Crippen molar-refractivity contribution in [2.45, 2.75) is 6.43 Å². The standard InChI is InChI=1S/C10H6ClF2NO2/c11-4-7(15)5-1-2-8-6(3-5)14-10(16-8)9(12)13/h1-3,9H,4H2. The Morgan fingerprint density at radius 2 is 2.25 bits per heavy atom. The van der Waals surface area contributed by atoms with Gasteiger partial charge in [0.2, 0.25) is 0 Å². The zero-order valence-electron chi connectivity index (χ0n) is 7.91. The summed E-state index contributed by atoms with van der Waals surface area (Å²) >= 11 is 5.38. The first-order valence-corrected chi connectivity index (χ1v) is 4.93. The molecule has 0 atom stereocenters. The number of alkyl halides is 3. The number of halogens is 3. The Labute approximate surface area is 94.0 Å². The van der Waals surface area contributed by atoms with Crippen LogP contribution in [-0.4, -0.2) is 16.6 Å². The van der Waals surface area contributed by atoms with Crippen molar-refractivity contribution in [3.63, 3.8) is 0 Å². The summed E-state index contributed by atoms with van der Waals surface area (Å²) in [5.41, 5.74) is 0.782. The predicted molar refractivity (Wildman–Crippen MR) is 54.0 cm³/mol. The lowest BCUT2D eigenvalue weighted by Gasteiger charge is -1.94. The maximum atomic E-state index is 12.3. The first kappa shape index (κ1) is 11.0. The van der Waals surface area contributed by atoms with E-state index in [-0.39, 0.29) is 22.8 Å². The third-order valence-corrected chi connectivity index (χ3v) is 2.28. The summed E-state index contributed by atoms with van der Waals surface area (Å²) in [6, 6.07) is 4.27. The van der Waals surface area contributed by atoms with Gasteiger partial charge in [-0.05, 0) is 18.2 Å². The SMILES string of the molecule is O=C(CCl)c1ccc2oc(C(F)F)nc2c1. The number of oxazole rings is 1. The number of benzene rings is 1. The first-order valence-electron chi connectivity index (χ1n) is 4.39. The molecule has 0 spiro atoms. The monoisotopic (exact) mass is 245 g/mol. The second kappa shape index (κ2) is 4.17. The van der Waals surface area contributed by atoms with Crippen LogP contribution in [0.5, 0.6) is 0 Å². The van der Waals surface area contributed by atoms with E-state index in [9.17, 15) is 13.6 Å². The van der Waals surface area contributed by atoms with Gasteiger partial charge < -0.3 is 4.42 Å². The lowest BCUT2D eigenvalue weighted by atomic mass is 10.1. The minimum absolute atomic E-state index is 0.162. The third-order valence-electron chi connectivity index (χ3n) is 2.03. The smallest absolute Gasteiger partial charge is 0.313 e. The number of fused-ring (bicyclic) bond motifs is 1. The van der Waals surface area contributed by atoms with Crippen molar-refractivity contribution in [3.05, 3.63) is 29.7 Å². The Morgan fingerprint density at radius 3 is 2.88 bits per heavy atom. The molecular weight excluding hydrogens is 240 g/mol. The summed E-state index contributed by atoms with van der Waals surface area (Å²) in [4.78, 5) is 14.8.